The monoisotopic (exact) mass is 390 g/mol. The molecule has 3 aromatic rings. The zero-order chi connectivity index (χ0) is 18.1. The van der Waals surface area contributed by atoms with E-state index in [0.717, 1.165) is 17.5 Å². The van der Waals surface area contributed by atoms with Gasteiger partial charge in [-0.05, 0) is 18.4 Å². The molecular formula is C16H18N6O2S2. The maximum absolute atomic E-state index is 12.6. The van der Waals surface area contributed by atoms with Gasteiger partial charge in [-0.25, -0.2) is 23.4 Å². The lowest BCUT2D eigenvalue weighted by Gasteiger charge is -2.34. The number of hydrogen-bond acceptors (Lipinski definition) is 7. The van der Waals surface area contributed by atoms with Crippen LogP contribution in [0.2, 0.25) is 0 Å². The molecule has 0 bridgehead atoms. The summed E-state index contributed by atoms with van der Waals surface area (Å²) in [6, 6.07) is 5.31. The molecule has 10 heteroatoms. The third kappa shape index (κ3) is 3.11. The zero-order valence-electron chi connectivity index (χ0n) is 14.2. The molecule has 1 saturated heterocycles. The van der Waals surface area contributed by atoms with E-state index in [1.165, 1.54) is 22.0 Å². The van der Waals surface area contributed by atoms with Crippen molar-refractivity contribution in [2.45, 2.75) is 11.1 Å². The second kappa shape index (κ2) is 6.78. The number of anilines is 1. The Morgan fingerprint density at radius 2 is 1.85 bits per heavy atom. The maximum Gasteiger partial charge on any atom is 0.252 e. The average Bonchev–Trinajstić information content (AvgIpc) is 3.34. The van der Waals surface area contributed by atoms with Crippen LogP contribution in [0, 0.1) is 6.92 Å². The van der Waals surface area contributed by atoms with Gasteiger partial charge in [0.2, 0.25) is 0 Å². The lowest BCUT2D eigenvalue weighted by Crippen LogP contribution is -2.48. The van der Waals surface area contributed by atoms with E-state index in [9.17, 15) is 8.42 Å². The van der Waals surface area contributed by atoms with Crippen molar-refractivity contribution in [1.29, 1.82) is 0 Å². The molecule has 0 aromatic carbocycles. The van der Waals surface area contributed by atoms with Crippen molar-refractivity contribution >= 4 is 27.2 Å². The fourth-order valence-corrected chi connectivity index (χ4v) is 5.52. The fourth-order valence-electron chi connectivity index (χ4n) is 2.96. The van der Waals surface area contributed by atoms with Crippen LogP contribution in [-0.4, -0.2) is 58.4 Å². The Balaban J connectivity index is 1.50. The smallest absolute Gasteiger partial charge is 0.252 e. The largest absolute Gasteiger partial charge is 0.354 e. The number of rotatable bonds is 4. The molecule has 3 aromatic heterocycles. The van der Waals surface area contributed by atoms with Gasteiger partial charge in [0.05, 0.1) is 0 Å². The van der Waals surface area contributed by atoms with Gasteiger partial charge in [-0.3, -0.25) is 4.57 Å². The number of nitrogens with zero attached hydrogens (tertiary/aromatic N) is 6. The molecule has 0 aliphatic carbocycles. The Kier molecular flexibility index (Phi) is 4.47. The average molecular weight is 390 g/mol. The van der Waals surface area contributed by atoms with Crippen molar-refractivity contribution in [2.75, 3.05) is 31.1 Å². The first-order valence-corrected chi connectivity index (χ1v) is 10.5. The molecule has 0 atom stereocenters. The highest BCUT2D eigenvalue weighted by Gasteiger charge is 2.29. The van der Waals surface area contributed by atoms with Crippen LogP contribution in [0.1, 0.15) is 5.82 Å². The van der Waals surface area contributed by atoms with Gasteiger partial charge in [0, 0.05) is 44.6 Å². The number of aryl methyl sites for hydroxylation is 1. The van der Waals surface area contributed by atoms with Gasteiger partial charge in [-0.1, -0.05) is 6.07 Å². The summed E-state index contributed by atoms with van der Waals surface area (Å²) >= 11 is 1.25. The minimum absolute atomic E-state index is 0.394. The van der Waals surface area contributed by atoms with E-state index in [2.05, 4.69) is 19.9 Å². The first kappa shape index (κ1) is 17.1. The van der Waals surface area contributed by atoms with Gasteiger partial charge in [0.25, 0.3) is 10.0 Å². The summed E-state index contributed by atoms with van der Waals surface area (Å²) in [5.74, 6) is 2.39. The topological polar surface area (TPSA) is 84.2 Å². The van der Waals surface area contributed by atoms with Gasteiger partial charge in [0.15, 0.2) is 0 Å². The SMILES string of the molecule is Cc1nccn1-c1cc(N2CCN(S(=O)(=O)c3cccs3)CC2)ncn1. The first-order chi connectivity index (χ1) is 12.6. The van der Waals surface area contributed by atoms with E-state index < -0.39 is 10.0 Å². The second-order valence-electron chi connectivity index (χ2n) is 5.90. The predicted molar refractivity (Wildman–Crippen MR) is 99.2 cm³/mol. The normalized spacial score (nSPS) is 16.1. The van der Waals surface area contributed by atoms with Crippen LogP contribution in [0.15, 0.2) is 46.5 Å². The molecule has 1 fully saturated rings. The Morgan fingerprint density at radius 3 is 2.50 bits per heavy atom. The van der Waals surface area contributed by atoms with E-state index in [-0.39, 0.29) is 0 Å². The summed E-state index contributed by atoms with van der Waals surface area (Å²) in [5.41, 5.74) is 0. The van der Waals surface area contributed by atoms with Crippen LogP contribution in [-0.2, 0) is 10.0 Å². The van der Waals surface area contributed by atoms with E-state index in [0.29, 0.717) is 30.4 Å². The number of sulfonamides is 1. The summed E-state index contributed by atoms with van der Waals surface area (Å²) in [6.07, 6.45) is 5.11. The quantitative estimate of drug-likeness (QED) is 0.672. The van der Waals surface area contributed by atoms with Crippen LogP contribution in [0.5, 0.6) is 0 Å². The molecule has 1 aliphatic rings. The minimum Gasteiger partial charge on any atom is -0.354 e. The van der Waals surface area contributed by atoms with Gasteiger partial charge in [-0.15, -0.1) is 11.3 Å². The van der Waals surface area contributed by atoms with Gasteiger partial charge >= 0.3 is 0 Å². The third-order valence-electron chi connectivity index (χ3n) is 4.36. The minimum atomic E-state index is -3.39. The van der Waals surface area contributed by atoms with Crippen molar-refractivity contribution in [3.63, 3.8) is 0 Å². The van der Waals surface area contributed by atoms with Crippen molar-refractivity contribution < 1.29 is 8.42 Å². The number of thiophene rings is 1. The molecule has 0 spiro atoms. The molecule has 136 valence electrons. The van der Waals surface area contributed by atoms with E-state index in [4.69, 9.17) is 0 Å². The lowest BCUT2D eigenvalue weighted by atomic mass is 10.3. The summed E-state index contributed by atoms with van der Waals surface area (Å²) in [5, 5.41) is 1.78. The molecule has 8 nitrogen and oxygen atoms in total. The summed E-state index contributed by atoms with van der Waals surface area (Å²) in [7, 11) is -3.39. The summed E-state index contributed by atoms with van der Waals surface area (Å²) in [4.78, 5) is 15.0. The molecule has 0 saturated carbocycles. The van der Waals surface area contributed by atoms with Crippen LogP contribution in [0.4, 0.5) is 5.82 Å². The highest BCUT2D eigenvalue weighted by atomic mass is 32.2. The van der Waals surface area contributed by atoms with E-state index >= 15 is 0 Å². The third-order valence-corrected chi connectivity index (χ3v) is 7.63. The molecule has 0 amide bonds. The van der Waals surface area contributed by atoms with Gasteiger partial charge in [0.1, 0.15) is 28.0 Å². The molecular weight excluding hydrogens is 372 g/mol. The molecule has 1 aliphatic heterocycles. The van der Waals surface area contributed by atoms with Crippen molar-refractivity contribution in [3.05, 3.63) is 48.1 Å². The maximum atomic E-state index is 12.6. The Labute approximate surface area is 155 Å². The van der Waals surface area contributed by atoms with Crippen LogP contribution in [0.25, 0.3) is 5.82 Å². The molecule has 4 heterocycles. The highest BCUT2D eigenvalue weighted by Crippen LogP contribution is 2.23. The van der Waals surface area contributed by atoms with Crippen molar-refractivity contribution in [2.24, 2.45) is 0 Å². The molecule has 0 radical (unpaired) electrons. The second-order valence-corrected chi connectivity index (χ2v) is 9.01. The van der Waals surface area contributed by atoms with Crippen molar-refractivity contribution in [1.82, 2.24) is 23.8 Å². The highest BCUT2D eigenvalue weighted by molar-refractivity contribution is 7.91. The van der Waals surface area contributed by atoms with Gasteiger partial charge < -0.3 is 4.90 Å². The number of imidazole rings is 1. The van der Waals surface area contributed by atoms with Crippen molar-refractivity contribution in [3.8, 4) is 5.82 Å². The number of aromatic nitrogens is 4. The van der Waals surface area contributed by atoms with Crippen LogP contribution < -0.4 is 4.90 Å². The van der Waals surface area contributed by atoms with Crippen LogP contribution >= 0.6 is 11.3 Å². The van der Waals surface area contributed by atoms with Crippen LogP contribution in [0.3, 0.4) is 0 Å². The molecule has 4 rings (SSSR count). The fraction of sp³-hybridized carbons (Fsp3) is 0.312. The molecule has 0 unspecified atom stereocenters. The van der Waals surface area contributed by atoms with E-state index in [1.807, 2.05) is 23.8 Å². The summed E-state index contributed by atoms with van der Waals surface area (Å²) < 4.78 is 29.1. The molecule has 0 N–H and O–H groups in total. The Hall–Kier alpha value is -2.30. The first-order valence-electron chi connectivity index (χ1n) is 8.17. The molecule has 26 heavy (non-hydrogen) atoms. The summed E-state index contributed by atoms with van der Waals surface area (Å²) in [6.45, 7) is 3.96. The van der Waals surface area contributed by atoms with Gasteiger partial charge in [-0.2, -0.15) is 4.31 Å². The van der Waals surface area contributed by atoms with E-state index in [1.54, 1.807) is 23.7 Å². The number of piperazine rings is 1. The Morgan fingerprint density at radius 1 is 1.08 bits per heavy atom. The zero-order valence-corrected chi connectivity index (χ0v) is 15.8. The number of hydrogen-bond donors (Lipinski definition) is 0. The lowest BCUT2D eigenvalue weighted by molar-refractivity contribution is 0.384. The standard InChI is InChI=1S/C16H18N6O2S2/c1-13-17-4-5-22(13)15-11-14(18-12-19-15)20-6-8-21(9-7-20)26(23,24)16-3-2-10-25-16/h2-5,10-12H,6-9H2,1H3. The Bertz CT molecular complexity index is 991. The predicted octanol–water partition coefficient (Wildman–Crippen LogP) is 1.54.